The van der Waals surface area contributed by atoms with Crippen molar-refractivity contribution < 1.29 is 4.79 Å². The molecule has 1 aliphatic heterocycles. The van der Waals surface area contributed by atoms with Gasteiger partial charge in [-0.3, -0.25) is 4.79 Å². The molecule has 1 atom stereocenters. The number of likely N-dealkylation sites (tertiary alicyclic amines) is 1. The Morgan fingerprint density at radius 3 is 2.93 bits per heavy atom. The normalized spacial score (nSPS) is 17.7. The lowest BCUT2D eigenvalue weighted by atomic mass is 9.97. The number of amides is 1. The summed E-state index contributed by atoms with van der Waals surface area (Å²) in [4.78, 5) is 26.8. The Balaban J connectivity index is 1.30. The molecule has 2 N–H and O–H groups in total. The summed E-state index contributed by atoms with van der Waals surface area (Å²) in [7, 11) is 0. The van der Waals surface area contributed by atoms with E-state index in [4.69, 9.17) is 0 Å². The van der Waals surface area contributed by atoms with Crippen molar-refractivity contribution >= 4 is 22.9 Å². The zero-order chi connectivity index (χ0) is 18.5. The molecule has 4 rings (SSSR count). The second-order valence-electron chi connectivity index (χ2n) is 6.87. The zero-order valence-electron chi connectivity index (χ0n) is 15.1. The number of aromatic nitrogens is 3. The number of rotatable bonds is 6. The first-order valence-electron chi connectivity index (χ1n) is 9.28. The number of hydrogen-bond acceptors (Lipinski definition) is 5. The molecule has 1 amide bonds. The Labute approximate surface area is 162 Å². The lowest BCUT2D eigenvalue weighted by Crippen LogP contribution is -2.41. The lowest BCUT2D eigenvalue weighted by Gasteiger charge is -2.31. The summed E-state index contributed by atoms with van der Waals surface area (Å²) in [6.45, 7) is 2.79. The highest BCUT2D eigenvalue weighted by molar-refractivity contribution is 7.07. The number of anilines is 1. The molecule has 1 saturated heterocycles. The zero-order valence-corrected chi connectivity index (χ0v) is 15.9. The Morgan fingerprint density at radius 2 is 2.19 bits per heavy atom. The topological polar surface area (TPSA) is 73.9 Å². The highest BCUT2D eigenvalue weighted by Gasteiger charge is 2.25. The molecule has 27 heavy (non-hydrogen) atoms. The molecule has 0 spiro atoms. The van der Waals surface area contributed by atoms with Gasteiger partial charge in [0.25, 0.3) is 0 Å². The van der Waals surface area contributed by atoms with Crippen LogP contribution in [-0.4, -0.2) is 45.4 Å². The Bertz CT molecular complexity index is 845. The Morgan fingerprint density at radius 1 is 1.30 bits per heavy atom. The number of H-pyrrole nitrogens is 1. The quantitative estimate of drug-likeness (QED) is 0.686. The van der Waals surface area contributed by atoms with Gasteiger partial charge in [-0.1, -0.05) is 12.1 Å². The van der Waals surface area contributed by atoms with Crippen molar-refractivity contribution in [2.45, 2.75) is 19.3 Å². The number of nitrogens with one attached hydrogen (secondary N) is 2. The fraction of sp³-hybridized carbons (Fsp3) is 0.350. The molecule has 3 heterocycles. The molecule has 0 radical (unpaired) electrons. The molecule has 2 aromatic heterocycles. The Hall–Kier alpha value is -2.51. The third kappa shape index (κ3) is 4.61. The molecule has 0 aliphatic carbocycles. The maximum absolute atomic E-state index is 12.7. The van der Waals surface area contributed by atoms with Gasteiger partial charge in [0.2, 0.25) is 5.91 Å². The van der Waals surface area contributed by atoms with Gasteiger partial charge >= 0.3 is 0 Å². The van der Waals surface area contributed by atoms with Gasteiger partial charge in [0.05, 0.1) is 17.1 Å². The van der Waals surface area contributed by atoms with Gasteiger partial charge in [-0.05, 0) is 31.5 Å². The van der Waals surface area contributed by atoms with Gasteiger partial charge in [0.15, 0.2) is 0 Å². The first-order chi connectivity index (χ1) is 13.3. The van der Waals surface area contributed by atoms with Crippen LogP contribution in [0.5, 0.6) is 0 Å². The number of hydrogen-bond donors (Lipinski definition) is 2. The smallest absolute Gasteiger partial charge is 0.228 e. The van der Waals surface area contributed by atoms with Gasteiger partial charge in [-0.15, -0.1) is 11.3 Å². The van der Waals surface area contributed by atoms with Crippen LogP contribution in [0.1, 0.15) is 18.7 Å². The van der Waals surface area contributed by atoms with E-state index in [-0.39, 0.29) is 11.8 Å². The van der Waals surface area contributed by atoms with Crippen LogP contribution in [0.15, 0.2) is 47.5 Å². The second kappa shape index (κ2) is 8.45. The van der Waals surface area contributed by atoms with Crippen molar-refractivity contribution in [3.63, 3.8) is 0 Å². The van der Waals surface area contributed by atoms with Crippen LogP contribution < -0.4 is 5.32 Å². The van der Waals surface area contributed by atoms with Crippen LogP contribution in [0.25, 0.3) is 11.3 Å². The van der Waals surface area contributed by atoms with Crippen LogP contribution in [0.3, 0.4) is 0 Å². The van der Waals surface area contributed by atoms with Crippen LogP contribution in [0, 0.1) is 5.92 Å². The largest absolute Gasteiger partial charge is 0.349 e. The van der Waals surface area contributed by atoms with Gasteiger partial charge in [-0.2, -0.15) is 0 Å². The molecule has 1 aliphatic rings. The van der Waals surface area contributed by atoms with E-state index in [1.54, 1.807) is 17.5 Å². The van der Waals surface area contributed by atoms with Crippen molar-refractivity contribution in [3.8, 4) is 11.3 Å². The molecule has 7 heteroatoms. The number of nitrogens with zero attached hydrogens (tertiary/aromatic N) is 3. The van der Waals surface area contributed by atoms with Crippen molar-refractivity contribution in [2.75, 3.05) is 25.0 Å². The molecule has 140 valence electrons. The average Bonchev–Trinajstić information content (AvgIpc) is 3.41. The summed E-state index contributed by atoms with van der Waals surface area (Å²) in [5.74, 6) is 1.15. The minimum atomic E-state index is 0.0357. The van der Waals surface area contributed by atoms with E-state index in [0.29, 0.717) is 0 Å². The summed E-state index contributed by atoms with van der Waals surface area (Å²) in [6.07, 6.45) is 6.52. The molecule has 1 unspecified atom stereocenters. The van der Waals surface area contributed by atoms with Gasteiger partial charge in [-0.25, -0.2) is 9.97 Å². The maximum Gasteiger partial charge on any atom is 0.228 e. The van der Waals surface area contributed by atoms with Gasteiger partial charge in [0.1, 0.15) is 5.82 Å². The summed E-state index contributed by atoms with van der Waals surface area (Å²) < 4.78 is 0. The number of benzene rings is 1. The molecular weight excluding hydrogens is 358 g/mol. The van der Waals surface area contributed by atoms with Crippen molar-refractivity contribution in [2.24, 2.45) is 5.92 Å². The minimum absolute atomic E-state index is 0.0357. The molecular formula is C20H23N5OS. The summed E-state index contributed by atoms with van der Waals surface area (Å²) in [6, 6.07) is 7.90. The summed E-state index contributed by atoms with van der Waals surface area (Å²) >= 11 is 1.58. The third-order valence-corrected chi connectivity index (χ3v) is 5.56. The van der Waals surface area contributed by atoms with E-state index in [0.717, 1.165) is 61.7 Å². The number of piperidine rings is 1. The number of carbonyl (C=O) groups excluding carboxylic acids is 1. The molecule has 1 fully saturated rings. The number of carbonyl (C=O) groups is 1. The van der Waals surface area contributed by atoms with Crippen LogP contribution in [0.4, 0.5) is 5.69 Å². The standard InChI is InChI=1S/C20H23N5OS/c26-20(24-17-5-3-15(4-6-17)18-13-27-14-23-18)16-2-1-10-25(12-16)11-7-19-21-8-9-22-19/h3-6,8-9,13-14,16H,1-2,7,10-12H2,(H,21,22)(H,24,26). The number of imidazole rings is 1. The fourth-order valence-corrected chi connectivity index (χ4v) is 4.06. The highest BCUT2D eigenvalue weighted by Crippen LogP contribution is 2.23. The number of aromatic amines is 1. The van der Waals surface area contributed by atoms with Crippen LogP contribution in [0.2, 0.25) is 0 Å². The van der Waals surface area contributed by atoms with Crippen molar-refractivity contribution in [1.29, 1.82) is 0 Å². The first kappa shape index (κ1) is 17.9. The van der Waals surface area contributed by atoms with E-state index in [2.05, 4.69) is 25.2 Å². The van der Waals surface area contributed by atoms with Crippen LogP contribution >= 0.6 is 11.3 Å². The predicted octanol–water partition coefficient (Wildman–Crippen LogP) is 3.43. The van der Waals surface area contributed by atoms with E-state index < -0.39 is 0 Å². The first-order valence-corrected chi connectivity index (χ1v) is 10.2. The summed E-state index contributed by atoms with van der Waals surface area (Å²) in [5, 5.41) is 5.09. The fourth-order valence-electron chi connectivity index (χ4n) is 3.50. The second-order valence-corrected chi connectivity index (χ2v) is 7.58. The van der Waals surface area contributed by atoms with E-state index >= 15 is 0 Å². The van der Waals surface area contributed by atoms with Crippen molar-refractivity contribution in [3.05, 3.63) is 53.4 Å². The predicted molar refractivity (Wildman–Crippen MR) is 108 cm³/mol. The van der Waals surface area contributed by atoms with Crippen LogP contribution in [-0.2, 0) is 11.2 Å². The van der Waals surface area contributed by atoms with E-state index in [1.165, 1.54) is 0 Å². The molecule has 0 bridgehead atoms. The maximum atomic E-state index is 12.7. The van der Waals surface area contributed by atoms with E-state index in [1.807, 2.05) is 41.4 Å². The monoisotopic (exact) mass is 381 g/mol. The molecule has 3 aromatic rings. The third-order valence-electron chi connectivity index (χ3n) is 4.98. The SMILES string of the molecule is O=C(Nc1ccc(-c2cscn2)cc1)C1CCCN(CCc2ncc[nH]2)C1. The molecule has 0 saturated carbocycles. The Kier molecular flexibility index (Phi) is 5.60. The van der Waals surface area contributed by atoms with Crippen molar-refractivity contribution in [1.82, 2.24) is 19.9 Å². The average molecular weight is 382 g/mol. The molecule has 1 aromatic carbocycles. The van der Waals surface area contributed by atoms with E-state index in [9.17, 15) is 4.79 Å². The minimum Gasteiger partial charge on any atom is -0.349 e. The lowest BCUT2D eigenvalue weighted by molar-refractivity contribution is -0.121. The van der Waals surface area contributed by atoms with Gasteiger partial charge in [0, 0.05) is 48.5 Å². The molecule has 6 nitrogen and oxygen atoms in total. The summed E-state index contributed by atoms with van der Waals surface area (Å²) in [5.41, 5.74) is 4.70. The number of thiazole rings is 1. The highest BCUT2D eigenvalue weighted by atomic mass is 32.1. The van der Waals surface area contributed by atoms with Gasteiger partial charge < -0.3 is 15.2 Å².